The van der Waals surface area contributed by atoms with Crippen LogP contribution >= 0.6 is 0 Å². The minimum absolute atomic E-state index is 0.114. The van der Waals surface area contributed by atoms with E-state index in [1.165, 1.54) is 11.4 Å². The van der Waals surface area contributed by atoms with Gasteiger partial charge in [0.15, 0.2) is 11.6 Å². The molecule has 7 heteroatoms. The molecule has 6 rings (SSSR count). The number of nitrogens with zero attached hydrogens (tertiary/aromatic N) is 4. The van der Waals surface area contributed by atoms with Crippen molar-refractivity contribution in [3.05, 3.63) is 84.5 Å². The van der Waals surface area contributed by atoms with Gasteiger partial charge in [-0.2, -0.15) is 0 Å². The highest BCUT2D eigenvalue weighted by Crippen LogP contribution is 2.50. The van der Waals surface area contributed by atoms with E-state index in [0.717, 1.165) is 37.6 Å². The summed E-state index contributed by atoms with van der Waals surface area (Å²) in [6, 6.07) is 7.24. The summed E-state index contributed by atoms with van der Waals surface area (Å²) in [6.45, 7) is 10.9. The molecular formula is C31H36N6O. The first-order valence-corrected chi connectivity index (χ1v) is 13.5. The minimum Gasteiger partial charge on any atom is -0.328 e. The van der Waals surface area contributed by atoms with Crippen molar-refractivity contribution >= 4 is 29.0 Å². The second-order valence-corrected chi connectivity index (χ2v) is 12.1. The normalized spacial score (nSPS) is 24.4. The van der Waals surface area contributed by atoms with Crippen molar-refractivity contribution in [3.63, 3.8) is 0 Å². The van der Waals surface area contributed by atoms with Crippen molar-refractivity contribution in [1.29, 1.82) is 0 Å². The second kappa shape index (κ2) is 9.15. The summed E-state index contributed by atoms with van der Waals surface area (Å²) >= 11 is 0. The fraction of sp³-hybridized carbons (Fsp3) is 0.387. The Morgan fingerprint density at radius 3 is 1.68 bits per heavy atom. The lowest BCUT2D eigenvalue weighted by molar-refractivity contribution is 0.262. The van der Waals surface area contributed by atoms with Crippen LogP contribution in [0.2, 0.25) is 0 Å². The Kier molecular flexibility index (Phi) is 5.89. The molecule has 2 atom stereocenters. The van der Waals surface area contributed by atoms with Gasteiger partial charge in [0.05, 0.1) is 11.4 Å². The number of carbonyl (C=O) groups is 1. The molecule has 196 valence electrons. The van der Waals surface area contributed by atoms with E-state index >= 15 is 0 Å². The van der Waals surface area contributed by atoms with Crippen molar-refractivity contribution in [3.8, 4) is 0 Å². The molecule has 2 aliphatic carbocycles. The van der Waals surface area contributed by atoms with E-state index in [1.54, 1.807) is 12.4 Å². The predicted molar refractivity (Wildman–Crippen MR) is 154 cm³/mol. The summed E-state index contributed by atoms with van der Waals surface area (Å²) in [5, 5.41) is 6.16. The number of nitrogens with one attached hydrogen (secondary N) is 2. The van der Waals surface area contributed by atoms with Gasteiger partial charge in [-0.1, -0.05) is 52.0 Å². The first kappa shape index (κ1) is 24.5. The van der Waals surface area contributed by atoms with Gasteiger partial charge in [-0.15, -0.1) is 0 Å². The lowest BCUT2D eigenvalue weighted by Crippen LogP contribution is -2.27. The highest BCUT2D eigenvalue weighted by molar-refractivity contribution is 6.03. The van der Waals surface area contributed by atoms with E-state index in [0.29, 0.717) is 23.2 Å². The van der Waals surface area contributed by atoms with Gasteiger partial charge in [0.25, 0.3) is 0 Å². The number of rotatable bonds is 4. The van der Waals surface area contributed by atoms with Gasteiger partial charge in [-0.25, -0.2) is 14.8 Å². The number of carbonyl (C=O) groups excluding carboxylic acids is 1. The van der Waals surface area contributed by atoms with Gasteiger partial charge < -0.3 is 20.4 Å². The summed E-state index contributed by atoms with van der Waals surface area (Å²) < 4.78 is 0. The van der Waals surface area contributed by atoms with Crippen LogP contribution in [0.1, 0.15) is 40.5 Å². The summed E-state index contributed by atoms with van der Waals surface area (Å²) in [5.41, 5.74) is 4.12. The van der Waals surface area contributed by atoms with Crippen LogP contribution in [-0.4, -0.2) is 29.1 Å². The molecule has 2 aromatic rings. The standard InChI is InChI=1S/C31H36N6O/c1-30(2)19-36(25-15-7-5-11-21(25)30)27-23(13-9-17-32-27)34-29(38)35-24-14-10-18-33-28(24)37-20-31(3,4)22-12-6-8-16-26(22)37/h5-10,13-18,21-22H,11-12,19-20H2,1-4H3,(H2,34,35,38). The fourth-order valence-electron chi connectivity index (χ4n) is 6.54. The summed E-state index contributed by atoms with van der Waals surface area (Å²) in [5.74, 6) is 2.42. The maximum atomic E-state index is 13.4. The summed E-state index contributed by atoms with van der Waals surface area (Å²) in [4.78, 5) is 27.3. The summed E-state index contributed by atoms with van der Waals surface area (Å²) in [7, 11) is 0. The topological polar surface area (TPSA) is 73.4 Å². The van der Waals surface area contributed by atoms with Crippen LogP contribution in [0.15, 0.2) is 84.5 Å². The molecule has 0 aromatic carbocycles. The van der Waals surface area contributed by atoms with Crippen LogP contribution in [0.3, 0.4) is 0 Å². The van der Waals surface area contributed by atoms with Crippen molar-refractivity contribution in [1.82, 2.24) is 9.97 Å². The van der Waals surface area contributed by atoms with Gasteiger partial charge in [-0.3, -0.25) is 0 Å². The van der Waals surface area contributed by atoms with Crippen molar-refractivity contribution in [2.45, 2.75) is 40.5 Å². The molecule has 2 N–H and O–H groups in total. The Morgan fingerprint density at radius 2 is 1.24 bits per heavy atom. The smallest absolute Gasteiger partial charge is 0.323 e. The number of aromatic nitrogens is 2. The third kappa shape index (κ3) is 4.20. The zero-order valence-electron chi connectivity index (χ0n) is 22.6. The molecule has 2 aromatic heterocycles. The molecule has 0 spiro atoms. The zero-order valence-corrected chi connectivity index (χ0v) is 22.6. The number of allylic oxidation sites excluding steroid dienone is 8. The lowest BCUT2D eigenvalue weighted by Gasteiger charge is -2.26. The third-order valence-electron chi connectivity index (χ3n) is 8.49. The monoisotopic (exact) mass is 508 g/mol. The first-order valence-electron chi connectivity index (χ1n) is 13.5. The quantitative estimate of drug-likeness (QED) is 0.479. The van der Waals surface area contributed by atoms with Crippen LogP contribution < -0.4 is 20.4 Å². The molecule has 2 fully saturated rings. The predicted octanol–water partition coefficient (Wildman–Crippen LogP) is 6.73. The SMILES string of the molecule is CC1(C)CN(c2ncccc2NC(=O)Nc2cccnc2N2CC(C)(C)C3CC=CC=C32)C2=CC=CCC21. The van der Waals surface area contributed by atoms with Crippen LogP contribution in [-0.2, 0) is 0 Å². The van der Waals surface area contributed by atoms with E-state index in [1.807, 2.05) is 24.3 Å². The van der Waals surface area contributed by atoms with Crippen LogP contribution in [0.25, 0.3) is 0 Å². The maximum Gasteiger partial charge on any atom is 0.323 e. The molecule has 2 aliphatic heterocycles. The van der Waals surface area contributed by atoms with E-state index in [9.17, 15) is 4.79 Å². The van der Waals surface area contributed by atoms with Crippen molar-refractivity contribution < 1.29 is 4.79 Å². The van der Waals surface area contributed by atoms with Gasteiger partial charge in [-0.05, 0) is 60.1 Å². The Morgan fingerprint density at radius 1 is 0.789 bits per heavy atom. The number of amides is 2. The molecule has 0 radical (unpaired) electrons. The Bertz CT molecular complexity index is 1280. The van der Waals surface area contributed by atoms with Gasteiger partial charge in [0.2, 0.25) is 0 Å². The molecule has 0 bridgehead atoms. The van der Waals surface area contributed by atoms with E-state index < -0.39 is 0 Å². The highest BCUT2D eigenvalue weighted by Gasteiger charge is 2.45. The average Bonchev–Trinajstić information content (AvgIpc) is 3.34. The van der Waals surface area contributed by atoms with Crippen LogP contribution in [0.4, 0.5) is 27.8 Å². The molecule has 7 nitrogen and oxygen atoms in total. The number of anilines is 4. The minimum atomic E-state index is -0.312. The number of fused-ring (bicyclic) bond motifs is 2. The Labute approximate surface area is 225 Å². The highest BCUT2D eigenvalue weighted by atomic mass is 16.2. The third-order valence-corrected chi connectivity index (χ3v) is 8.49. The number of pyridine rings is 2. The van der Waals surface area contributed by atoms with Crippen LogP contribution in [0, 0.1) is 22.7 Å². The van der Waals surface area contributed by atoms with Crippen molar-refractivity contribution in [2.24, 2.45) is 22.7 Å². The van der Waals surface area contributed by atoms with Gasteiger partial charge >= 0.3 is 6.03 Å². The van der Waals surface area contributed by atoms with Gasteiger partial charge in [0.1, 0.15) is 0 Å². The first-order chi connectivity index (χ1) is 18.2. The van der Waals surface area contributed by atoms with Crippen LogP contribution in [0.5, 0.6) is 0 Å². The molecule has 2 saturated heterocycles. The summed E-state index contributed by atoms with van der Waals surface area (Å²) in [6.07, 6.45) is 18.7. The molecule has 38 heavy (non-hydrogen) atoms. The van der Waals surface area contributed by atoms with E-state index in [-0.39, 0.29) is 16.9 Å². The number of hydrogen-bond acceptors (Lipinski definition) is 5. The maximum absolute atomic E-state index is 13.4. The molecule has 4 aliphatic rings. The molecule has 2 amide bonds. The second-order valence-electron chi connectivity index (χ2n) is 12.1. The van der Waals surface area contributed by atoms with E-state index in [2.05, 4.69) is 84.6 Å². The van der Waals surface area contributed by atoms with E-state index in [4.69, 9.17) is 9.97 Å². The van der Waals surface area contributed by atoms with Crippen molar-refractivity contribution in [2.75, 3.05) is 33.5 Å². The fourth-order valence-corrected chi connectivity index (χ4v) is 6.54. The largest absolute Gasteiger partial charge is 0.328 e. The Hall–Kier alpha value is -3.87. The Balaban J connectivity index is 1.25. The molecular weight excluding hydrogens is 472 g/mol. The molecule has 4 heterocycles. The molecule has 0 saturated carbocycles. The average molecular weight is 509 g/mol. The molecule has 2 unspecified atom stereocenters. The number of hydrogen-bond donors (Lipinski definition) is 2. The van der Waals surface area contributed by atoms with Gasteiger partial charge in [0, 0.05) is 48.7 Å². The zero-order chi connectivity index (χ0) is 26.5. The lowest BCUT2D eigenvalue weighted by atomic mass is 9.77. The number of urea groups is 1.